The van der Waals surface area contributed by atoms with Crippen LogP contribution in [0.1, 0.15) is 39.9 Å². The van der Waals surface area contributed by atoms with Gasteiger partial charge in [0.2, 0.25) is 11.8 Å². The number of carbonyl (C=O) groups excluding carboxylic acids is 3. The minimum absolute atomic E-state index is 0.181. The molecule has 2 heterocycles. The third-order valence-electron chi connectivity index (χ3n) is 9.00. The molecule has 4 rings (SSSR count). The van der Waals surface area contributed by atoms with Gasteiger partial charge in [-0.05, 0) is 68.9 Å². The molecule has 2 fully saturated rings. The van der Waals surface area contributed by atoms with Gasteiger partial charge in [0.15, 0.2) is 6.29 Å². The first-order chi connectivity index (χ1) is 22.5. The van der Waals surface area contributed by atoms with Gasteiger partial charge >= 0.3 is 0 Å². The number of morpholine rings is 1. The number of ether oxygens (including phenoxy) is 1. The third kappa shape index (κ3) is 6.38. The Morgan fingerprint density at radius 1 is 0.960 bits per heavy atom. The molecule has 0 bridgehead atoms. The minimum Gasteiger partial charge on any atom is -0.406 e. The number of likely N-dealkylation sites (N-methyl/N-ethyl adjacent to an activating group) is 1. The van der Waals surface area contributed by atoms with Crippen LogP contribution in [0, 0.1) is 5.82 Å². The van der Waals surface area contributed by atoms with Crippen LogP contribution < -0.4 is 10.6 Å². The standard InChI is InChI=1S/C26H17B14FN4O5/c1-44(19(27)8-7-16(47)42-18(19)48)22(32,49)17-11(10-46)3-2-4-15(17)43-20(28,29)13-6-5-12(9-14(13)41)21(30,31)45-23(33,34)25(37,38)50-26(39,40)24(45,35)36/h2-6,9-10,43,49H,7-8H2,1H3,(H,42,47,48). The molecular weight excluding hydrogens is 619 g/mol. The molecule has 3 N–H and O–H groups in total. The summed E-state index contributed by atoms with van der Waals surface area (Å²) in [7, 11) is 87.7. The number of hydrogen-bond donors (Lipinski definition) is 3. The Labute approximate surface area is 309 Å². The summed E-state index contributed by atoms with van der Waals surface area (Å²) in [5.41, 5.74) is -6.28. The van der Waals surface area contributed by atoms with Gasteiger partial charge in [-0.2, -0.15) is 0 Å². The summed E-state index contributed by atoms with van der Waals surface area (Å²) in [6.45, 7) is 0. The van der Waals surface area contributed by atoms with Crippen LogP contribution in [-0.2, 0) is 30.6 Å². The summed E-state index contributed by atoms with van der Waals surface area (Å²) in [5.74, 6) is -2.70. The molecule has 0 aliphatic carbocycles. The number of imide groups is 1. The molecule has 2 amide bonds. The van der Waals surface area contributed by atoms with Gasteiger partial charge in [0.1, 0.15) is 21.5 Å². The summed E-state index contributed by atoms with van der Waals surface area (Å²) < 4.78 is 21.2. The average Bonchev–Trinajstić information content (AvgIpc) is 2.96. The van der Waals surface area contributed by atoms with Crippen molar-refractivity contribution in [3.05, 3.63) is 64.5 Å². The van der Waals surface area contributed by atoms with Crippen LogP contribution in [0.15, 0.2) is 36.4 Å². The van der Waals surface area contributed by atoms with Crippen LogP contribution in [-0.4, -0.2) is 177 Å². The van der Waals surface area contributed by atoms with E-state index in [9.17, 15) is 19.5 Å². The van der Waals surface area contributed by atoms with E-state index < -0.39 is 66.4 Å². The van der Waals surface area contributed by atoms with Crippen molar-refractivity contribution in [3.63, 3.8) is 0 Å². The van der Waals surface area contributed by atoms with Gasteiger partial charge in [0.25, 0.3) is 0 Å². The second kappa shape index (κ2) is 12.7. The number of nitrogens with one attached hydrogen (secondary N) is 2. The maximum Gasteiger partial charge on any atom is 0.237 e. The molecule has 2 unspecified atom stereocenters. The molecule has 2 saturated heterocycles. The molecule has 28 radical (unpaired) electrons. The Hall–Kier alpha value is -2.27. The molecule has 9 nitrogen and oxygen atoms in total. The van der Waals surface area contributed by atoms with Crippen molar-refractivity contribution in [2.24, 2.45) is 0 Å². The van der Waals surface area contributed by atoms with Crippen LogP contribution >= 0.6 is 0 Å². The normalized spacial score (nSPS) is 24.5. The number of rotatable bonds is 9. The van der Waals surface area contributed by atoms with Gasteiger partial charge in [-0.25, -0.2) is 4.39 Å². The summed E-state index contributed by atoms with van der Waals surface area (Å²) in [6.07, 6.45) is -0.0847. The topological polar surface area (TPSA) is 111 Å². The summed E-state index contributed by atoms with van der Waals surface area (Å²) in [6, 6.07) is 6.90. The molecule has 2 atom stereocenters. The molecule has 24 heteroatoms. The van der Waals surface area contributed by atoms with E-state index in [1.807, 2.05) is 0 Å². The van der Waals surface area contributed by atoms with E-state index >= 15 is 4.39 Å². The first kappa shape index (κ1) is 40.5. The Balaban J connectivity index is 1.76. The van der Waals surface area contributed by atoms with Gasteiger partial charge < -0.3 is 20.1 Å². The summed E-state index contributed by atoms with van der Waals surface area (Å²) in [5, 5.41) is 1.11. The number of hydrogen-bond acceptors (Lipinski definition) is 8. The highest BCUT2D eigenvalue weighted by Gasteiger charge is 2.60. The number of carbonyl (C=O) groups is 3. The van der Waals surface area contributed by atoms with Crippen molar-refractivity contribution in [3.8, 4) is 0 Å². The van der Waals surface area contributed by atoms with E-state index in [-0.39, 0.29) is 35.2 Å². The Morgan fingerprint density at radius 3 is 2.02 bits per heavy atom. The Kier molecular flexibility index (Phi) is 10.3. The van der Waals surface area contributed by atoms with Crippen molar-refractivity contribution in [1.29, 1.82) is 0 Å². The van der Waals surface area contributed by atoms with E-state index in [2.05, 4.69) is 10.6 Å². The van der Waals surface area contributed by atoms with Gasteiger partial charge in [-0.1, -0.05) is 24.3 Å². The van der Waals surface area contributed by atoms with Crippen molar-refractivity contribution in [2.45, 2.75) is 56.1 Å². The first-order valence-electron chi connectivity index (χ1n) is 14.5. The second-order valence-corrected chi connectivity index (χ2v) is 12.7. The fourth-order valence-electron chi connectivity index (χ4n) is 5.92. The number of aliphatic hydroxyl groups is 1. The highest BCUT2D eigenvalue weighted by Crippen LogP contribution is 2.46. The molecular formula is C26H17B14FN4O5. The van der Waals surface area contributed by atoms with Crippen molar-refractivity contribution in [2.75, 3.05) is 12.4 Å². The fraction of sp³-hybridized carbons (Fsp3) is 0.423. The number of nitrogens with zero attached hydrogens (tertiary/aromatic N) is 2. The van der Waals surface area contributed by atoms with E-state index in [4.69, 9.17) is 115 Å². The molecule has 0 saturated carbocycles. The largest absolute Gasteiger partial charge is 0.406 e. The van der Waals surface area contributed by atoms with Crippen LogP contribution in [0.4, 0.5) is 10.1 Å². The van der Waals surface area contributed by atoms with Gasteiger partial charge in [-0.15, -0.1) is 0 Å². The second-order valence-electron chi connectivity index (χ2n) is 12.7. The van der Waals surface area contributed by atoms with Gasteiger partial charge in [-0.3, -0.25) is 24.6 Å². The zero-order valence-electron chi connectivity index (χ0n) is 26.9. The predicted octanol–water partition coefficient (Wildman–Crippen LogP) is -5.56. The van der Waals surface area contributed by atoms with E-state index in [0.29, 0.717) is 11.2 Å². The number of anilines is 1. The van der Waals surface area contributed by atoms with E-state index in [1.54, 1.807) is 0 Å². The third-order valence-corrected chi connectivity index (χ3v) is 9.00. The maximum absolute atomic E-state index is 16.0. The molecule has 0 aromatic heterocycles. The Morgan fingerprint density at radius 2 is 1.52 bits per heavy atom. The summed E-state index contributed by atoms with van der Waals surface area (Å²) >= 11 is 0. The molecule has 2 aliphatic rings. The number of benzene rings is 2. The van der Waals surface area contributed by atoms with Crippen LogP contribution in [0.25, 0.3) is 0 Å². The lowest BCUT2D eigenvalue weighted by Gasteiger charge is -2.74. The lowest BCUT2D eigenvalue weighted by Crippen LogP contribution is -2.88. The average molecular weight is 636 g/mol. The smallest absolute Gasteiger partial charge is 0.237 e. The van der Waals surface area contributed by atoms with Crippen LogP contribution in [0.5, 0.6) is 0 Å². The summed E-state index contributed by atoms with van der Waals surface area (Å²) in [4.78, 5) is 38.1. The van der Waals surface area contributed by atoms with Gasteiger partial charge in [0, 0.05) is 23.2 Å². The van der Waals surface area contributed by atoms with Crippen molar-refractivity contribution < 1.29 is 28.6 Å². The number of piperidine rings is 1. The van der Waals surface area contributed by atoms with Crippen molar-refractivity contribution in [1.82, 2.24) is 15.1 Å². The number of halogens is 1. The lowest BCUT2D eigenvalue weighted by molar-refractivity contribution is -0.147. The maximum atomic E-state index is 16.0. The highest BCUT2D eigenvalue weighted by atomic mass is 19.1. The monoisotopic (exact) mass is 638 g/mol. The van der Waals surface area contributed by atoms with E-state index in [1.165, 1.54) is 25.2 Å². The predicted molar refractivity (Wildman–Crippen MR) is 196 cm³/mol. The molecule has 50 heavy (non-hydrogen) atoms. The molecule has 220 valence electrons. The quantitative estimate of drug-likeness (QED) is 0.108. The zero-order chi connectivity index (χ0) is 38.3. The first-order valence-corrected chi connectivity index (χ1v) is 14.5. The van der Waals surface area contributed by atoms with Gasteiger partial charge in [0.05, 0.1) is 105 Å². The Bertz CT molecular complexity index is 1700. The SMILES string of the molecule is [B]C([B])(Nc1cccc(C=O)c1C([B])(O)N(C)C1([B])CCC(=O)NC1=O)c1ccc(C([B])([B])N2C([B])([B])C([B])([B])OC([B])([B])C2([B])[B])cc1F. The molecule has 2 aromatic rings. The van der Waals surface area contributed by atoms with E-state index in [0.717, 1.165) is 23.1 Å². The number of amides is 2. The molecule has 0 spiro atoms. The zero-order valence-corrected chi connectivity index (χ0v) is 26.9. The fourth-order valence-corrected chi connectivity index (χ4v) is 5.92. The molecule has 2 aromatic carbocycles. The van der Waals surface area contributed by atoms with Crippen LogP contribution in [0.3, 0.4) is 0 Å². The molecule has 2 aliphatic heterocycles. The highest BCUT2D eigenvalue weighted by molar-refractivity contribution is 6.60. The van der Waals surface area contributed by atoms with Crippen molar-refractivity contribution >= 4 is 134 Å². The lowest BCUT2D eigenvalue weighted by atomic mass is 9.28. The number of aldehydes is 1. The minimum atomic E-state index is -2.71. The van der Waals surface area contributed by atoms with Crippen LogP contribution in [0.2, 0.25) is 0 Å².